The summed E-state index contributed by atoms with van der Waals surface area (Å²) in [6, 6.07) is 16.8. The van der Waals surface area contributed by atoms with Gasteiger partial charge in [0.15, 0.2) is 0 Å². The molecular weight excluding hydrogens is 348 g/mol. The van der Waals surface area contributed by atoms with Gasteiger partial charge in [-0.3, -0.25) is 4.79 Å². The van der Waals surface area contributed by atoms with Crippen LogP contribution in [0.4, 0.5) is 0 Å². The first-order valence-corrected chi connectivity index (χ1v) is 10.0. The fourth-order valence-corrected chi connectivity index (χ4v) is 4.25. The maximum Gasteiger partial charge on any atom is 0.225 e. The van der Waals surface area contributed by atoms with Gasteiger partial charge in [-0.1, -0.05) is 48.0 Å². The first-order valence-electron chi connectivity index (χ1n) is 10.0. The van der Waals surface area contributed by atoms with Crippen molar-refractivity contribution in [3.8, 4) is 0 Å². The van der Waals surface area contributed by atoms with Gasteiger partial charge < -0.3 is 9.88 Å². The van der Waals surface area contributed by atoms with Gasteiger partial charge in [-0.05, 0) is 38.0 Å². The molecule has 5 heteroatoms. The van der Waals surface area contributed by atoms with Crippen LogP contribution in [0.1, 0.15) is 41.8 Å². The number of carbonyl (C=O) groups is 1. The minimum atomic E-state index is -0.0781. The Hall–Kier alpha value is -2.63. The van der Waals surface area contributed by atoms with Gasteiger partial charge in [0.05, 0.1) is 18.6 Å². The van der Waals surface area contributed by atoms with Crippen molar-refractivity contribution in [3.05, 3.63) is 70.9 Å². The molecule has 2 atom stereocenters. The first kappa shape index (κ1) is 18.7. The van der Waals surface area contributed by atoms with Crippen LogP contribution in [0.5, 0.6) is 0 Å². The molecule has 3 aromatic rings. The zero-order valence-corrected chi connectivity index (χ0v) is 16.8. The molecule has 5 nitrogen and oxygen atoms in total. The van der Waals surface area contributed by atoms with Crippen LogP contribution < -0.4 is 16.2 Å². The maximum atomic E-state index is 12.4. The molecule has 2 heterocycles. The van der Waals surface area contributed by atoms with Crippen LogP contribution in [0.25, 0.3) is 10.9 Å². The summed E-state index contributed by atoms with van der Waals surface area (Å²) in [7, 11) is 0. The van der Waals surface area contributed by atoms with Crippen molar-refractivity contribution >= 4 is 16.8 Å². The van der Waals surface area contributed by atoms with E-state index in [2.05, 4.69) is 65.8 Å². The van der Waals surface area contributed by atoms with E-state index in [0.717, 1.165) is 18.5 Å². The molecule has 2 unspecified atom stereocenters. The van der Waals surface area contributed by atoms with E-state index in [1.165, 1.54) is 27.7 Å². The summed E-state index contributed by atoms with van der Waals surface area (Å²) in [4.78, 5) is 12.4. The van der Waals surface area contributed by atoms with Crippen molar-refractivity contribution in [3.63, 3.8) is 0 Å². The molecule has 3 N–H and O–H groups in total. The number of rotatable bonds is 5. The predicted molar refractivity (Wildman–Crippen MR) is 113 cm³/mol. The maximum absolute atomic E-state index is 12.4. The lowest BCUT2D eigenvalue weighted by Gasteiger charge is -2.15. The molecule has 1 saturated heterocycles. The third-order valence-corrected chi connectivity index (χ3v) is 5.64. The van der Waals surface area contributed by atoms with Crippen molar-refractivity contribution in [2.24, 2.45) is 0 Å². The lowest BCUT2D eigenvalue weighted by Crippen LogP contribution is -2.44. The van der Waals surface area contributed by atoms with Crippen molar-refractivity contribution < 1.29 is 4.79 Å². The second kappa shape index (κ2) is 7.78. The number of nitrogens with one attached hydrogen (secondary N) is 3. The summed E-state index contributed by atoms with van der Waals surface area (Å²) in [5.74, 6) is 0.0385. The summed E-state index contributed by atoms with van der Waals surface area (Å²) in [5, 5.41) is 4.41. The van der Waals surface area contributed by atoms with Gasteiger partial charge in [0.2, 0.25) is 5.91 Å². The molecule has 1 aliphatic rings. The summed E-state index contributed by atoms with van der Waals surface area (Å²) in [5.41, 5.74) is 12.8. The quantitative estimate of drug-likeness (QED) is 0.639. The van der Waals surface area contributed by atoms with E-state index >= 15 is 0 Å². The molecule has 1 aromatic heterocycles. The molecule has 2 aromatic carbocycles. The average Bonchev–Trinajstić information content (AvgIpc) is 3.25. The number of hydrazine groups is 1. The molecule has 0 radical (unpaired) electrons. The highest BCUT2D eigenvalue weighted by molar-refractivity contribution is 5.85. The van der Waals surface area contributed by atoms with Gasteiger partial charge >= 0.3 is 0 Å². The predicted octanol–water partition coefficient (Wildman–Crippen LogP) is 3.50. The van der Waals surface area contributed by atoms with E-state index in [9.17, 15) is 4.79 Å². The highest BCUT2D eigenvalue weighted by atomic mass is 16.1. The number of aromatic nitrogens is 1. The Kier molecular flexibility index (Phi) is 5.20. The van der Waals surface area contributed by atoms with Crippen LogP contribution in [0.3, 0.4) is 0 Å². The molecule has 0 spiro atoms. The Morgan fingerprint density at radius 1 is 1.11 bits per heavy atom. The summed E-state index contributed by atoms with van der Waals surface area (Å²) >= 11 is 0. The number of hydrogen-bond acceptors (Lipinski definition) is 3. The van der Waals surface area contributed by atoms with Gasteiger partial charge in [0.1, 0.15) is 0 Å². The number of nitrogens with zero attached hydrogens (tertiary/aromatic N) is 1. The lowest BCUT2D eigenvalue weighted by atomic mass is 10.0. The molecular formula is C23H28N4O. The largest absolute Gasteiger partial charge is 0.343 e. The fraction of sp³-hybridized carbons (Fsp3) is 0.348. The van der Waals surface area contributed by atoms with Crippen molar-refractivity contribution in [1.82, 2.24) is 20.7 Å². The van der Waals surface area contributed by atoms with Crippen molar-refractivity contribution in [2.75, 3.05) is 0 Å². The van der Waals surface area contributed by atoms with E-state index in [-0.39, 0.29) is 18.1 Å². The average molecular weight is 377 g/mol. The Morgan fingerprint density at radius 2 is 1.86 bits per heavy atom. The number of carbonyl (C=O) groups excluding carboxylic acids is 1. The van der Waals surface area contributed by atoms with Crippen LogP contribution in [-0.4, -0.2) is 16.6 Å². The molecule has 1 fully saturated rings. The number of amides is 1. The molecule has 1 aliphatic heterocycles. The molecule has 146 valence electrons. The van der Waals surface area contributed by atoms with E-state index < -0.39 is 0 Å². The van der Waals surface area contributed by atoms with E-state index in [0.29, 0.717) is 6.42 Å². The van der Waals surface area contributed by atoms with Gasteiger partial charge in [0.25, 0.3) is 0 Å². The Bertz CT molecular complexity index is 990. The smallest absolute Gasteiger partial charge is 0.225 e. The van der Waals surface area contributed by atoms with Crippen molar-refractivity contribution in [2.45, 2.75) is 52.4 Å². The van der Waals surface area contributed by atoms with Gasteiger partial charge in [0, 0.05) is 29.6 Å². The second-order valence-electron chi connectivity index (χ2n) is 7.63. The number of para-hydroxylation sites is 1. The SMILES string of the molecule is CCn1c(C2CC(NC(=O)Cc3ccc(C)cc3)NN2)c(C)c2ccccc21. The van der Waals surface area contributed by atoms with Crippen LogP contribution >= 0.6 is 0 Å². The fourth-order valence-electron chi connectivity index (χ4n) is 4.25. The lowest BCUT2D eigenvalue weighted by molar-refractivity contribution is -0.121. The Labute approximate surface area is 166 Å². The zero-order chi connectivity index (χ0) is 19.7. The highest BCUT2D eigenvalue weighted by Crippen LogP contribution is 2.32. The molecule has 28 heavy (non-hydrogen) atoms. The third kappa shape index (κ3) is 3.55. The first-order chi connectivity index (χ1) is 13.6. The second-order valence-corrected chi connectivity index (χ2v) is 7.63. The van der Waals surface area contributed by atoms with Gasteiger partial charge in [-0.25, -0.2) is 10.9 Å². The normalized spacial score (nSPS) is 19.2. The van der Waals surface area contributed by atoms with E-state index in [1.807, 2.05) is 24.3 Å². The summed E-state index contributed by atoms with van der Waals surface area (Å²) in [6.45, 7) is 7.34. The molecule has 0 bridgehead atoms. The monoisotopic (exact) mass is 376 g/mol. The van der Waals surface area contributed by atoms with Crippen molar-refractivity contribution in [1.29, 1.82) is 0 Å². The zero-order valence-electron chi connectivity index (χ0n) is 16.8. The summed E-state index contributed by atoms with van der Waals surface area (Å²) < 4.78 is 2.38. The summed E-state index contributed by atoms with van der Waals surface area (Å²) in [6.07, 6.45) is 1.14. The third-order valence-electron chi connectivity index (χ3n) is 5.64. The minimum Gasteiger partial charge on any atom is -0.343 e. The standard InChI is InChI=1S/C23H28N4O/c1-4-27-20-8-6-5-7-18(20)16(3)23(27)19-14-21(26-25-19)24-22(28)13-17-11-9-15(2)10-12-17/h5-12,19,21,25-26H,4,13-14H2,1-3H3,(H,24,28). The molecule has 0 aliphatic carbocycles. The van der Waals surface area contributed by atoms with Crippen LogP contribution in [0.15, 0.2) is 48.5 Å². The van der Waals surface area contributed by atoms with Gasteiger partial charge in [-0.2, -0.15) is 0 Å². The van der Waals surface area contributed by atoms with Crippen LogP contribution in [0.2, 0.25) is 0 Å². The molecule has 0 saturated carbocycles. The minimum absolute atomic E-state index is 0.0385. The number of fused-ring (bicyclic) bond motifs is 1. The number of hydrogen-bond donors (Lipinski definition) is 3. The van der Waals surface area contributed by atoms with E-state index in [1.54, 1.807) is 0 Å². The number of benzene rings is 2. The molecule has 4 rings (SSSR count). The molecule has 1 amide bonds. The Morgan fingerprint density at radius 3 is 2.61 bits per heavy atom. The number of aryl methyl sites for hydroxylation is 3. The highest BCUT2D eigenvalue weighted by Gasteiger charge is 2.30. The van der Waals surface area contributed by atoms with E-state index in [4.69, 9.17) is 0 Å². The topological polar surface area (TPSA) is 58.1 Å². The van der Waals surface area contributed by atoms with Gasteiger partial charge in [-0.15, -0.1) is 0 Å². The Balaban J connectivity index is 1.46. The van der Waals surface area contributed by atoms with Crippen LogP contribution in [-0.2, 0) is 17.8 Å². The van der Waals surface area contributed by atoms with Crippen LogP contribution in [0, 0.1) is 13.8 Å².